The summed E-state index contributed by atoms with van der Waals surface area (Å²) in [6.07, 6.45) is 0. The summed E-state index contributed by atoms with van der Waals surface area (Å²) in [5.74, 6) is -0.535. The van der Waals surface area contributed by atoms with Crippen molar-refractivity contribution in [2.45, 2.75) is 26.5 Å². The number of para-hydroxylation sites is 1. The van der Waals surface area contributed by atoms with Crippen LogP contribution in [0.25, 0.3) is 0 Å². The van der Waals surface area contributed by atoms with Gasteiger partial charge in [0.1, 0.15) is 0 Å². The Morgan fingerprint density at radius 2 is 1.71 bits per heavy atom. The van der Waals surface area contributed by atoms with Crippen molar-refractivity contribution in [1.29, 1.82) is 0 Å². The number of hydrogen-bond acceptors (Lipinski definition) is 3. The minimum absolute atomic E-state index is 0.141. The molecule has 0 atom stereocenters. The van der Waals surface area contributed by atoms with Gasteiger partial charge in [-0.2, -0.15) is 0 Å². The predicted molar refractivity (Wildman–Crippen MR) is 96.4 cm³/mol. The van der Waals surface area contributed by atoms with Crippen molar-refractivity contribution in [2.75, 3.05) is 11.9 Å². The molecule has 0 unspecified atom stereocenters. The zero-order valence-electron chi connectivity index (χ0n) is 14.1. The Labute approximate surface area is 143 Å². The first-order valence-corrected chi connectivity index (χ1v) is 9.31. The average Bonchev–Trinajstić information content (AvgIpc) is 2.51. The van der Waals surface area contributed by atoms with E-state index < -0.39 is 15.9 Å². The molecule has 0 aliphatic heterocycles. The van der Waals surface area contributed by atoms with Gasteiger partial charge >= 0.3 is 0 Å². The number of benzene rings is 2. The second-order valence-corrected chi connectivity index (χ2v) is 7.68. The van der Waals surface area contributed by atoms with Gasteiger partial charge in [0.15, 0.2) is 0 Å². The van der Waals surface area contributed by atoms with Crippen molar-refractivity contribution in [2.24, 2.45) is 0 Å². The number of sulfonamides is 1. The maximum atomic E-state index is 12.2. The van der Waals surface area contributed by atoms with Crippen LogP contribution in [-0.4, -0.2) is 20.9 Å². The Morgan fingerprint density at radius 3 is 2.42 bits per heavy atom. The monoisotopic (exact) mass is 346 g/mol. The molecule has 24 heavy (non-hydrogen) atoms. The summed E-state index contributed by atoms with van der Waals surface area (Å²) < 4.78 is 26.7. The largest absolute Gasteiger partial charge is 0.325 e. The number of carbonyl (C=O) groups excluding carboxylic acids is 1. The summed E-state index contributed by atoms with van der Waals surface area (Å²) in [6.45, 7) is 5.37. The second-order valence-electron chi connectivity index (χ2n) is 5.87. The van der Waals surface area contributed by atoms with Gasteiger partial charge in [-0.3, -0.25) is 4.79 Å². The molecule has 0 aliphatic carbocycles. The number of hydrogen-bond donors (Lipinski definition) is 2. The van der Waals surface area contributed by atoms with Crippen molar-refractivity contribution >= 4 is 21.6 Å². The Balaban J connectivity index is 1.96. The minimum Gasteiger partial charge on any atom is -0.325 e. The first kappa shape index (κ1) is 18.2. The fraction of sp³-hybridized carbons (Fsp3) is 0.278. The normalized spacial score (nSPS) is 11.3. The number of anilines is 1. The highest BCUT2D eigenvalue weighted by atomic mass is 32.2. The molecule has 0 aliphatic rings. The number of carbonyl (C=O) groups is 1. The standard InChI is InChI=1S/C18H22N2O3S/c1-13-8-9-14(2)16(10-13)12-24(22,23)19-11-18(21)20-17-7-5-4-6-15(17)3/h4-10,19H,11-12H2,1-3H3,(H,20,21). The molecule has 5 nitrogen and oxygen atoms in total. The van der Waals surface area contributed by atoms with E-state index in [-0.39, 0.29) is 12.3 Å². The van der Waals surface area contributed by atoms with E-state index in [0.29, 0.717) is 5.69 Å². The van der Waals surface area contributed by atoms with Gasteiger partial charge in [-0.15, -0.1) is 0 Å². The summed E-state index contributed by atoms with van der Waals surface area (Å²) in [7, 11) is -3.58. The number of aryl methyl sites for hydroxylation is 3. The van der Waals surface area contributed by atoms with E-state index in [4.69, 9.17) is 0 Å². The highest BCUT2D eigenvalue weighted by Gasteiger charge is 2.15. The van der Waals surface area contributed by atoms with Crippen LogP contribution in [-0.2, 0) is 20.6 Å². The summed E-state index contributed by atoms with van der Waals surface area (Å²) in [6, 6.07) is 13.0. The van der Waals surface area contributed by atoms with E-state index in [0.717, 1.165) is 22.3 Å². The third-order valence-corrected chi connectivity index (χ3v) is 5.00. The Kier molecular flexibility index (Phi) is 5.75. The van der Waals surface area contributed by atoms with E-state index in [1.54, 1.807) is 6.07 Å². The number of amides is 1. The van der Waals surface area contributed by atoms with Crippen LogP contribution in [0.1, 0.15) is 22.3 Å². The molecule has 2 rings (SSSR count). The zero-order chi connectivity index (χ0) is 17.7. The molecule has 0 saturated carbocycles. The third kappa shape index (κ3) is 5.18. The lowest BCUT2D eigenvalue weighted by Gasteiger charge is -2.11. The lowest BCUT2D eigenvalue weighted by atomic mass is 10.1. The summed E-state index contributed by atoms with van der Waals surface area (Å²) in [4.78, 5) is 11.9. The Bertz CT molecular complexity index is 845. The van der Waals surface area contributed by atoms with Gasteiger partial charge < -0.3 is 5.32 Å². The SMILES string of the molecule is Cc1ccc(C)c(CS(=O)(=O)NCC(=O)Nc2ccccc2C)c1. The van der Waals surface area contributed by atoms with E-state index in [9.17, 15) is 13.2 Å². The van der Waals surface area contributed by atoms with Gasteiger partial charge in [-0.25, -0.2) is 13.1 Å². The summed E-state index contributed by atoms with van der Waals surface area (Å²) >= 11 is 0. The first-order chi connectivity index (χ1) is 11.3. The van der Waals surface area contributed by atoms with E-state index in [1.165, 1.54) is 0 Å². The van der Waals surface area contributed by atoms with Crippen LogP contribution in [0.4, 0.5) is 5.69 Å². The molecule has 2 aromatic carbocycles. The van der Waals surface area contributed by atoms with Gasteiger partial charge in [0.05, 0.1) is 12.3 Å². The lowest BCUT2D eigenvalue weighted by Crippen LogP contribution is -2.33. The van der Waals surface area contributed by atoms with Crippen LogP contribution in [0.3, 0.4) is 0 Å². The highest BCUT2D eigenvalue weighted by molar-refractivity contribution is 7.88. The predicted octanol–water partition coefficient (Wildman–Crippen LogP) is 2.67. The van der Waals surface area contributed by atoms with Crippen LogP contribution >= 0.6 is 0 Å². The number of nitrogens with one attached hydrogen (secondary N) is 2. The van der Waals surface area contributed by atoms with E-state index in [2.05, 4.69) is 10.0 Å². The van der Waals surface area contributed by atoms with Crippen molar-refractivity contribution < 1.29 is 13.2 Å². The topological polar surface area (TPSA) is 75.3 Å². The average molecular weight is 346 g/mol. The molecule has 2 N–H and O–H groups in total. The van der Waals surface area contributed by atoms with Crippen LogP contribution in [0.2, 0.25) is 0 Å². The van der Waals surface area contributed by atoms with Crippen molar-refractivity contribution in [3.8, 4) is 0 Å². The van der Waals surface area contributed by atoms with Gasteiger partial charge in [-0.05, 0) is 43.5 Å². The molecule has 2 aromatic rings. The molecule has 0 spiro atoms. The van der Waals surface area contributed by atoms with Gasteiger partial charge in [0.25, 0.3) is 0 Å². The van der Waals surface area contributed by atoms with Crippen LogP contribution in [0.15, 0.2) is 42.5 Å². The molecule has 128 valence electrons. The maximum absolute atomic E-state index is 12.2. The van der Waals surface area contributed by atoms with Crippen molar-refractivity contribution in [1.82, 2.24) is 4.72 Å². The third-order valence-electron chi connectivity index (χ3n) is 3.72. The van der Waals surface area contributed by atoms with Crippen molar-refractivity contribution in [3.05, 3.63) is 64.7 Å². The Hall–Kier alpha value is -2.18. The molecular weight excluding hydrogens is 324 g/mol. The molecule has 0 fully saturated rings. The fourth-order valence-electron chi connectivity index (χ4n) is 2.29. The first-order valence-electron chi connectivity index (χ1n) is 7.66. The smallest absolute Gasteiger partial charge is 0.239 e. The molecule has 0 heterocycles. The quantitative estimate of drug-likeness (QED) is 0.844. The van der Waals surface area contributed by atoms with E-state index >= 15 is 0 Å². The molecule has 0 bridgehead atoms. The molecule has 0 aromatic heterocycles. The van der Waals surface area contributed by atoms with Crippen LogP contribution in [0.5, 0.6) is 0 Å². The second kappa shape index (κ2) is 7.59. The molecular formula is C18H22N2O3S. The van der Waals surface area contributed by atoms with Gasteiger partial charge in [-0.1, -0.05) is 42.0 Å². The molecule has 6 heteroatoms. The Morgan fingerprint density at radius 1 is 1.00 bits per heavy atom. The fourth-order valence-corrected chi connectivity index (χ4v) is 3.47. The van der Waals surface area contributed by atoms with Crippen molar-refractivity contribution in [3.63, 3.8) is 0 Å². The summed E-state index contributed by atoms with van der Waals surface area (Å²) in [5, 5.41) is 2.70. The highest BCUT2D eigenvalue weighted by Crippen LogP contribution is 2.14. The molecule has 0 radical (unpaired) electrons. The number of rotatable bonds is 6. The minimum atomic E-state index is -3.58. The summed E-state index contributed by atoms with van der Waals surface area (Å²) in [5.41, 5.74) is 4.25. The molecule has 0 saturated heterocycles. The van der Waals surface area contributed by atoms with Crippen LogP contribution < -0.4 is 10.0 Å². The van der Waals surface area contributed by atoms with Gasteiger partial charge in [0.2, 0.25) is 15.9 Å². The lowest BCUT2D eigenvalue weighted by molar-refractivity contribution is -0.115. The van der Waals surface area contributed by atoms with Gasteiger partial charge in [0, 0.05) is 5.69 Å². The maximum Gasteiger partial charge on any atom is 0.239 e. The zero-order valence-corrected chi connectivity index (χ0v) is 14.9. The van der Waals surface area contributed by atoms with E-state index in [1.807, 2.05) is 57.2 Å². The van der Waals surface area contributed by atoms with Crippen LogP contribution in [0, 0.1) is 20.8 Å². The molecule has 1 amide bonds.